The third-order valence-corrected chi connectivity index (χ3v) is 6.82. The van der Waals surface area contributed by atoms with Gasteiger partial charge in [-0.15, -0.1) is 0 Å². The average molecular weight is 457 g/mol. The topological polar surface area (TPSA) is 97.0 Å². The Hall–Kier alpha value is -2.81. The van der Waals surface area contributed by atoms with E-state index in [4.69, 9.17) is 0 Å². The first-order chi connectivity index (χ1) is 15.9. The van der Waals surface area contributed by atoms with Crippen molar-refractivity contribution in [1.29, 1.82) is 0 Å². The van der Waals surface area contributed by atoms with Crippen LogP contribution in [-0.2, 0) is 9.59 Å². The number of nitrogens with zero attached hydrogens (tertiary/aromatic N) is 3. The van der Waals surface area contributed by atoms with E-state index in [2.05, 4.69) is 37.9 Å². The van der Waals surface area contributed by atoms with Gasteiger partial charge in [-0.25, -0.2) is 4.79 Å². The first-order valence-corrected chi connectivity index (χ1v) is 12.1. The predicted molar refractivity (Wildman–Crippen MR) is 127 cm³/mol. The van der Waals surface area contributed by atoms with Crippen molar-refractivity contribution in [3.8, 4) is 0 Å². The number of piperazine rings is 2. The number of hydrogen-bond acceptors (Lipinski definition) is 5. The molecule has 0 unspecified atom stereocenters. The molecule has 0 saturated carbocycles. The summed E-state index contributed by atoms with van der Waals surface area (Å²) in [5.41, 5.74) is 1.20. The number of urea groups is 1. The third-order valence-electron chi connectivity index (χ3n) is 6.82. The molecular weight excluding hydrogens is 420 g/mol. The highest BCUT2D eigenvalue weighted by molar-refractivity contribution is 5.83. The largest absolute Gasteiger partial charge is 0.368 e. The van der Waals surface area contributed by atoms with Crippen molar-refractivity contribution < 1.29 is 14.4 Å². The lowest BCUT2D eigenvalue weighted by Crippen LogP contribution is -2.58. The second kappa shape index (κ2) is 10.4. The second-order valence-electron chi connectivity index (χ2n) is 9.56. The van der Waals surface area contributed by atoms with Crippen LogP contribution in [0.25, 0.3) is 0 Å². The van der Waals surface area contributed by atoms with E-state index >= 15 is 0 Å². The molecule has 180 valence electrons. The van der Waals surface area contributed by atoms with Crippen LogP contribution < -0.4 is 20.9 Å². The zero-order valence-corrected chi connectivity index (χ0v) is 19.6. The summed E-state index contributed by atoms with van der Waals surface area (Å²) in [5.74, 6) is 0.199. The van der Waals surface area contributed by atoms with E-state index in [9.17, 15) is 14.4 Å². The number of para-hydroxylation sites is 1. The van der Waals surface area contributed by atoms with Gasteiger partial charge < -0.3 is 25.8 Å². The summed E-state index contributed by atoms with van der Waals surface area (Å²) in [7, 11) is 0. The van der Waals surface area contributed by atoms with Crippen LogP contribution in [0, 0.1) is 0 Å². The Kier molecular flexibility index (Phi) is 7.37. The molecule has 33 heavy (non-hydrogen) atoms. The van der Waals surface area contributed by atoms with Crippen molar-refractivity contribution in [2.24, 2.45) is 0 Å². The van der Waals surface area contributed by atoms with E-state index in [-0.39, 0.29) is 42.0 Å². The molecule has 4 rings (SSSR count). The number of fused-ring (bicyclic) bond motifs is 1. The van der Waals surface area contributed by atoms with Crippen molar-refractivity contribution in [2.45, 2.75) is 57.3 Å². The normalized spacial score (nSPS) is 25.5. The highest BCUT2D eigenvalue weighted by Gasteiger charge is 2.43. The zero-order valence-electron chi connectivity index (χ0n) is 19.6. The van der Waals surface area contributed by atoms with Crippen LogP contribution in [-0.4, -0.2) is 91.1 Å². The minimum absolute atomic E-state index is 0.0168. The van der Waals surface area contributed by atoms with Crippen LogP contribution in [0.3, 0.4) is 0 Å². The molecule has 3 saturated heterocycles. The van der Waals surface area contributed by atoms with Gasteiger partial charge >= 0.3 is 6.03 Å². The Labute approximate surface area is 195 Å². The van der Waals surface area contributed by atoms with Gasteiger partial charge in [-0.05, 0) is 38.8 Å². The summed E-state index contributed by atoms with van der Waals surface area (Å²) >= 11 is 0. The highest BCUT2D eigenvalue weighted by atomic mass is 16.2. The van der Waals surface area contributed by atoms with Crippen LogP contribution in [0.15, 0.2) is 30.3 Å². The molecule has 9 nitrogen and oxygen atoms in total. The predicted octanol–water partition coefficient (Wildman–Crippen LogP) is 0.764. The van der Waals surface area contributed by atoms with Crippen LogP contribution in [0.1, 0.15) is 33.1 Å². The van der Waals surface area contributed by atoms with Gasteiger partial charge in [0.15, 0.2) is 0 Å². The van der Waals surface area contributed by atoms with Crippen molar-refractivity contribution in [3.05, 3.63) is 30.3 Å². The van der Waals surface area contributed by atoms with Gasteiger partial charge in [-0.2, -0.15) is 0 Å². The number of nitrogens with one attached hydrogen (secondary N) is 3. The molecular formula is C24H36N6O3. The highest BCUT2D eigenvalue weighted by Crippen LogP contribution is 2.26. The maximum atomic E-state index is 12.9. The second-order valence-corrected chi connectivity index (χ2v) is 9.56. The van der Waals surface area contributed by atoms with Gasteiger partial charge in [0.25, 0.3) is 0 Å². The summed E-state index contributed by atoms with van der Waals surface area (Å²) in [4.78, 5) is 43.8. The molecule has 1 aromatic rings. The molecule has 0 bridgehead atoms. The Balaban J connectivity index is 1.25. The van der Waals surface area contributed by atoms with E-state index in [0.29, 0.717) is 32.4 Å². The van der Waals surface area contributed by atoms with Gasteiger partial charge in [0, 0.05) is 69.5 Å². The van der Waals surface area contributed by atoms with Crippen molar-refractivity contribution >= 4 is 23.5 Å². The third kappa shape index (κ3) is 5.76. The van der Waals surface area contributed by atoms with E-state index in [1.807, 2.05) is 36.9 Å². The molecule has 9 heteroatoms. The van der Waals surface area contributed by atoms with E-state index < -0.39 is 0 Å². The smallest absolute Gasteiger partial charge is 0.315 e. The summed E-state index contributed by atoms with van der Waals surface area (Å²) in [6, 6.07) is 9.98. The van der Waals surface area contributed by atoms with E-state index in [1.165, 1.54) is 5.69 Å². The molecule has 1 aromatic carbocycles. The zero-order chi connectivity index (χ0) is 23.4. The molecule has 0 aromatic heterocycles. The standard InChI is InChI=1S/C24H36N6O3/c1-17(2)26-24(33)27-18-14-21-23(32)25-15-20(30(21)16-18)8-9-22(31)29-12-10-28(11-13-29)19-6-4-3-5-7-19/h3-7,17-18,20-21H,8-16H2,1-2H3,(H,25,32)(H2,26,27,33)/t18-,20-,21+/m1/s1. The van der Waals surface area contributed by atoms with Crippen LogP contribution in [0.5, 0.6) is 0 Å². The monoisotopic (exact) mass is 456 g/mol. The molecule has 3 atom stereocenters. The molecule has 0 radical (unpaired) electrons. The van der Waals surface area contributed by atoms with Gasteiger partial charge in [-0.3, -0.25) is 14.5 Å². The number of rotatable bonds is 6. The summed E-state index contributed by atoms with van der Waals surface area (Å²) in [5, 5.41) is 8.83. The van der Waals surface area contributed by atoms with Crippen LogP contribution >= 0.6 is 0 Å². The number of benzene rings is 1. The first-order valence-electron chi connectivity index (χ1n) is 12.1. The Morgan fingerprint density at radius 1 is 1.12 bits per heavy atom. The molecule has 3 heterocycles. The van der Waals surface area contributed by atoms with E-state index in [0.717, 1.165) is 26.2 Å². The number of hydrogen-bond donors (Lipinski definition) is 3. The van der Waals surface area contributed by atoms with Gasteiger partial charge in [0.1, 0.15) is 0 Å². The Morgan fingerprint density at radius 3 is 2.55 bits per heavy atom. The SMILES string of the molecule is CC(C)NC(=O)N[C@@H]1C[C@H]2C(=O)NC[C@@H](CCC(=O)N3CCN(c4ccccc4)CC3)N2C1. The molecule has 3 aliphatic heterocycles. The van der Waals surface area contributed by atoms with Crippen molar-refractivity contribution in [1.82, 2.24) is 25.8 Å². The maximum Gasteiger partial charge on any atom is 0.315 e. The van der Waals surface area contributed by atoms with Gasteiger partial charge in [0.05, 0.1) is 6.04 Å². The number of amides is 4. The number of anilines is 1. The lowest BCUT2D eigenvalue weighted by atomic mass is 10.0. The molecule has 3 fully saturated rings. The van der Waals surface area contributed by atoms with Gasteiger partial charge in [-0.1, -0.05) is 18.2 Å². The average Bonchev–Trinajstić information content (AvgIpc) is 3.23. The molecule has 3 N–H and O–H groups in total. The molecule has 0 spiro atoms. The lowest BCUT2D eigenvalue weighted by molar-refractivity contribution is -0.132. The lowest BCUT2D eigenvalue weighted by Gasteiger charge is -2.38. The molecule has 0 aliphatic carbocycles. The van der Waals surface area contributed by atoms with Crippen molar-refractivity contribution in [3.63, 3.8) is 0 Å². The summed E-state index contributed by atoms with van der Waals surface area (Å²) in [6.45, 7) is 8.17. The summed E-state index contributed by atoms with van der Waals surface area (Å²) < 4.78 is 0. The first kappa shape index (κ1) is 23.4. The van der Waals surface area contributed by atoms with Crippen LogP contribution in [0.2, 0.25) is 0 Å². The fraction of sp³-hybridized carbons (Fsp3) is 0.625. The Bertz CT molecular complexity index is 840. The fourth-order valence-corrected chi connectivity index (χ4v) is 5.14. The minimum Gasteiger partial charge on any atom is -0.368 e. The molecule has 3 aliphatic rings. The number of carbonyl (C=O) groups is 3. The maximum absolute atomic E-state index is 12.9. The number of carbonyl (C=O) groups excluding carboxylic acids is 3. The Morgan fingerprint density at radius 2 is 1.85 bits per heavy atom. The quantitative estimate of drug-likeness (QED) is 0.588. The van der Waals surface area contributed by atoms with Gasteiger partial charge in [0.2, 0.25) is 11.8 Å². The van der Waals surface area contributed by atoms with E-state index in [1.54, 1.807) is 0 Å². The minimum atomic E-state index is -0.238. The van der Waals surface area contributed by atoms with Crippen LogP contribution in [0.4, 0.5) is 10.5 Å². The van der Waals surface area contributed by atoms with Crippen molar-refractivity contribution in [2.75, 3.05) is 44.2 Å². The molecule has 4 amide bonds. The summed E-state index contributed by atoms with van der Waals surface area (Å²) in [6.07, 6.45) is 1.78. The fourth-order valence-electron chi connectivity index (χ4n) is 5.14.